The fraction of sp³-hybridized carbons (Fsp3) is 0.0625. The maximum absolute atomic E-state index is 10.9. The fourth-order valence-electron chi connectivity index (χ4n) is 1.95. The Bertz CT molecular complexity index is 832. The van der Waals surface area contributed by atoms with Crippen LogP contribution in [-0.4, -0.2) is 25.7 Å². The second-order valence-electron chi connectivity index (χ2n) is 4.74. The average molecular weight is 279 g/mol. The van der Waals surface area contributed by atoms with Crippen molar-refractivity contribution in [2.75, 3.05) is 0 Å². The van der Waals surface area contributed by atoms with Gasteiger partial charge in [0, 0.05) is 6.20 Å². The maximum Gasteiger partial charge on any atom is 0.335 e. The number of aromatic carboxylic acids is 1. The lowest BCUT2D eigenvalue weighted by Crippen LogP contribution is -1.97. The molecule has 0 unspecified atom stereocenters. The largest absolute Gasteiger partial charge is 0.478 e. The van der Waals surface area contributed by atoms with Crippen molar-refractivity contribution in [3.05, 3.63) is 65.1 Å². The van der Waals surface area contributed by atoms with Gasteiger partial charge in [0.1, 0.15) is 0 Å². The van der Waals surface area contributed by atoms with Crippen molar-refractivity contribution in [2.45, 2.75) is 6.92 Å². The molecule has 0 aliphatic rings. The van der Waals surface area contributed by atoms with Gasteiger partial charge in [0.25, 0.3) is 0 Å². The van der Waals surface area contributed by atoms with E-state index in [4.69, 9.17) is 5.11 Å². The molecule has 0 spiro atoms. The van der Waals surface area contributed by atoms with Crippen molar-refractivity contribution in [1.29, 1.82) is 0 Å². The van der Waals surface area contributed by atoms with Crippen molar-refractivity contribution in [1.82, 2.24) is 14.6 Å². The van der Waals surface area contributed by atoms with Gasteiger partial charge in [0.05, 0.1) is 5.56 Å². The second kappa shape index (κ2) is 5.20. The van der Waals surface area contributed by atoms with Crippen LogP contribution in [0.1, 0.15) is 27.3 Å². The van der Waals surface area contributed by atoms with Crippen LogP contribution in [0.15, 0.2) is 42.6 Å². The predicted molar refractivity (Wildman–Crippen MR) is 80.1 cm³/mol. The highest BCUT2D eigenvalue weighted by Crippen LogP contribution is 2.10. The summed E-state index contributed by atoms with van der Waals surface area (Å²) < 4.78 is 1.56. The molecule has 0 saturated heterocycles. The molecule has 104 valence electrons. The van der Waals surface area contributed by atoms with E-state index in [-0.39, 0.29) is 5.56 Å². The monoisotopic (exact) mass is 279 g/mol. The van der Waals surface area contributed by atoms with E-state index in [0.717, 1.165) is 5.56 Å². The third-order valence-corrected chi connectivity index (χ3v) is 3.10. The normalized spacial score (nSPS) is 11.3. The average Bonchev–Trinajstić information content (AvgIpc) is 2.88. The predicted octanol–water partition coefficient (Wildman–Crippen LogP) is 2.91. The van der Waals surface area contributed by atoms with E-state index >= 15 is 0 Å². The number of carbonyl (C=O) groups is 1. The van der Waals surface area contributed by atoms with E-state index in [2.05, 4.69) is 10.1 Å². The first-order valence-corrected chi connectivity index (χ1v) is 6.46. The van der Waals surface area contributed by atoms with Crippen LogP contribution in [-0.2, 0) is 0 Å². The SMILES string of the molecule is Cc1ccc(/C=C/c2nc3cc(C(=O)O)ccn3n2)cc1. The summed E-state index contributed by atoms with van der Waals surface area (Å²) in [6.07, 6.45) is 5.32. The summed E-state index contributed by atoms with van der Waals surface area (Å²) in [6, 6.07) is 11.1. The van der Waals surface area contributed by atoms with Crippen molar-refractivity contribution < 1.29 is 9.90 Å². The number of pyridine rings is 1. The molecule has 0 fully saturated rings. The Morgan fingerprint density at radius 3 is 2.67 bits per heavy atom. The number of benzene rings is 1. The summed E-state index contributed by atoms with van der Waals surface area (Å²) in [5, 5.41) is 13.2. The molecule has 21 heavy (non-hydrogen) atoms. The zero-order valence-corrected chi connectivity index (χ0v) is 11.4. The van der Waals surface area contributed by atoms with Crippen LogP contribution in [0.3, 0.4) is 0 Å². The summed E-state index contributed by atoms with van der Waals surface area (Å²) in [4.78, 5) is 15.2. The van der Waals surface area contributed by atoms with E-state index < -0.39 is 5.97 Å². The Labute approximate surface area is 121 Å². The molecule has 0 aliphatic carbocycles. The minimum absolute atomic E-state index is 0.198. The van der Waals surface area contributed by atoms with Gasteiger partial charge in [-0.15, -0.1) is 5.10 Å². The number of hydrogen-bond acceptors (Lipinski definition) is 3. The van der Waals surface area contributed by atoms with Crippen LogP contribution < -0.4 is 0 Å². The molecule has 1 aromatic carbocycles. The Balaban J connectivity index is 1.90. The van der Waals surface area contributed by atoms with E-state index in [0.29, 0.717) is 11.5 Å². The minimum Gasteiger partial charge on any atom is -0.478 e. The molecule has 5 heteroatoms. The summed E-state index contributed by atoms with van der Waals surface area (Å²) in [6.45, 7) is 2.04. The van der Waals surface area contributed by atoms with Crippen LogP contribution in [0.2, 0.25) is 0 Å². The molecule has 0 saturated carbocycles. The molecular formula is C16H13N3O2. The summed E-state index contributed by atoms with van der Waals surface area (Å²) in [5.41, 5.74) is 2.98. The number of aryl methyl sites for hydroxylation is 1. The summed E-state index contributed by atoms with van der Waals surface area (Å²) >= 11 is 0. The molecule has 5 nitrogen and oxygen atoms in total. The first kappa shape index (κ1) is 13.1. The fourth-order valence-corrected chi connectivity index (χ4v) is 1.95. The first-order chi connectivity index (χ1) is 10.1. The highest BCUT2D eigenvalue weighted by Gasteiger charge is 2.06. The number of aromatic nitrogens is 3. The Morgan fingerprint density at radius 1 is 1.19 bits per heavy atom. The van der Waals surface area contributed by atoms with Crippen LogP contribution in [0.4, 0.5) is 0 Å². The van der Waals surface area contributed by atoms with Gasteiger partial charge in [-0.1, -0.05) is 35.9 Å². The van der Waals surface area contributed by atoms with Gasteiger partial charge in [-0.2, -0.15) is 0 Å². The van der Waals surface area contributed by atoms with Crippen LogP contribution in [0.25, 0.3) is 17.8 Å². The number of hydrogen-bond donors (Lipinski definition) is 1. The maximum atomic E-state index is 10.9. The standard InChI is InChI=1S/C16H13N3O2/c1-11-2-4-12(5-3-11)6-7-14-17-15-10-13(16(20)21)8-9-19(15)18-14/h2-10H,1H3,(H,20,21)/b7-6+. The lowest BCUT2D eigenvalue weighted by atomic mass is 10.1. The van der Waals surface area contributed by atoms with Gasteiger partial charge in [-0.3, -0.25) is 0 Å². The molecule has 0 radical (unpaired) electrons. The Kier molecular flexibility index (Phi) is 3.23. The molecule has 0 atom stereocenters. The first-order valence-electron chi connectivity index (χ1n) is 6.46. The van der Waals surface area contributed by atoms with E-state index in [1.807, 2.05) is 37.3 Å². The molecule has 3 aromatic rings. The van der Waals surface area contributed by atoms with Gasteiger partial charge >= 0.3 is 5.97 Å². The highest BCUT2D eigenvalue weighted by molar-refractivity contribution is 5.88. The second-order valence-corrected chi connectivity index (χ2v) is 4.74. The van der Waals surface area contributed by atoms with E-state index in [1.54, 1.807) is 16.8 Å². The molecule has 0 amide bonds. The Hall–Kier alpha value is -2.95. The van der Waals surface area contributed by atoms with Gasteiger partial charge in [-0.05, 0) is 30.7 Å². The van der Waals surface area contributed by atoms with E-state index in [9.17, 15) is 4.79 Å². The summed E-state index contributed by atoms with van der Waals surface area (Å²) in [7, 11) is 0. The Morgan fingerprint density at radius 2 is 1.95 bits per heavy atom. The lowest BCUT2D eigenvalue weighted by Gasteiger charge is -1.93. The van der Waals surface area contributed by atoms with Crippen LogP contribution in [0, 0.1) is 6.92 Å². The number of rotatable bonds is 3. The number of carboxylic acids is 1. The van der Waals surface area contributed by atoms with Crippen molar-refractivity contribution in [2.24, 2.45) is 0 Å². The van der Waals surface area contributed by atoms with Gasteiger partial charge in [0.15, 0.2) is 11.5 Å². The topological polar surface area (TPSA) is 67.5 Å². The number of carboxylic acid groups (broad SMARTS) is 1. The zero-order valence-electron chi connectivity index (χ0n) is 11.4. The van der Waals surface area contributed by atoms with Crippen molar-refractivity contribution in [3.63, 3.8) is 0 Å². The molecule has 1 N–H and O–H groups in total. The van der Waals surface area contributed by atoms with Crippen LogP contribution in [0.5, 0.6) is 0 Å². The number of fused-ring (bicyclic) bond motifs is 1. The van der Waals surface area contributed by atoms with Gasteiger partial charge < -0.3 is 5.11 Å². The van der Waals surface area contributed by atoms with Crippen molar-refractivity contribution >= 4 is 23.8 Å². The highest BCUT2D eigenvalue weighted by atomic mass is 16.4. The van der Waals surface area contributed by atoms with Crippen molar-refractivity contribution in [3.8, 4) is 0 Å². The molecule has 0 aliphatic heterocycles. The molecule has 2 aromatic heterocycles. The third kappa shape index (κ3) is 2.81. The van der Waals surface area contributed by atoms with Crippen LogP contribution >= 0.6 is 0 Å². The van der Waals surface area contributed by atoms with E-state index in [1.165, 1.54) is 17.7 Å². The van der Waals surface area contributed by atoms with Gasteiger partial charge in [0.2, 0.25) is 0 Å². The summed E-state index contributed by atoms with van der Waals surface area (Å²) in [5.74, 6) is -0.435. The zero-order chi connectivity index (χ0) is 14.8. The van der Waals surface area contributed by atoms with Gasteiger partial charge in [-0.25, -0.2) is 14.3 Å². The quantitative estimate of drug-likeness (QED) is 0.800. The molecule has 2 heterocycles. The number of nitrogens with zero attached hydrogens (tertiary/aromatic N) is 3. The molecule has 3 rings (SSSR count). The minimum atomic E-state index is -0.975. The molecule has 0 bridgehead atoms. The smallest absolute Gasteiger partial charge is 0.335 e. The molecular weight excluding hydrogens is 266 g/mol. The lowest BCUT2D eigenvalue weighted by molar-refractivity contribution is 0.0697. The third-order valence-electron chi connectivity index (χ3n) is 3.10.